The van der Waals surface area contributed by atoms with E-state index in [0.717, 1.165) is 11.3 Å². The van der Waals surface area contributed by atoms with Crippen LogP contribution in [0.1, 0.15) is 29.3 Å². The molecule has 0 bridgehead atoms. The third-order valence-electron chi connectivity index (χ3n) is 2.73. The molecule has 1 aromatic carbocycles. The van der Waals surface area contributed by atoms with Gasteiger partial charge in [0.25, 0.3) is 5.91 Å². The van der Waals surface area contributed by atoms with E-state index in [2.05, 4.69) is 15.5 Å². The van der Waals surface area contributed by atoms with Gasteiger partial charge >= 0.3 is 0 Å². The standard InChI is InChI=1S/C15H14ClN3O/c1-2-14(11-6-8-17-9-7-11)18-19-15(20)12-4-3-5-13(16)10-12/h3-10H,2H2,1H3,(H,19,20). The lowest BCUT2D eigenvalue weighted by molar-refractivity contribution is 0.0955. The van der Waals surface area contributed by atoms with E-state index in [0.29, 0.717) is 17.0 Å². The maximum absolute atomic E-state index is 12.0. The third-order valence-corrected chi connectivity index (χ3v) is 2.96. The van der Waals surface area contributed by atoms with Gasteiger partial charge in [0.05, 0.1) is 5.71 Å². The zero-order valence-corrected chi connectivity index (χ0v) is 11.8. The van der Waals surface area contributed by atoms with Gasteiger partial charge in [0, 0.05) is 28.5 Å². The zero-order valence-electron chi connectivity index (χ0n) is 11.0. The van der Waals surface area contributed by atoms with Crippen LogP contribution in [0.5, 0.6) is 0 Å². The fourth-order valence-electron chi connectivity index (χ4n) is 1.70. The van der Waals surface area contributed by atoms with Gasteiger partial charge in [0.15, 0.2) is 0 Å². The van der Waals surface area contributed by atoms with Crippen LogP contribution in [0.2, 0.25) is 5.02 Å². The lowest BCUT2D eigenvalue weighted by Gasteiger charge is -2.05. The first-order valence-corrected chi connectivity index (χ1v) is 6.61. The molecule has 5 heteroatoms. The number of hydrogen-bond acceptors (Lipinski definition) is 3. The second kappa shape index (κ2) is 6.82. The number of carbonyl (C=O) groups is 1. The minimum atomic E-state index is -0.285. The van der Waals surface area contributed by atoms with E-state index in [1.165, 1.54) is 0 Å². The number of carbonyl (C=O) groups excluding carboxylic acids is 1. The van der Waals surface area contributed by atoms with Crippen LogP contribution < -0.4 is 5.43 Å². The third kappa shape index (κ3) is 3.65. The Hall–Kier alpha value is -2.20. The number of hydrazone groups is 1. The van der Waals surface area contributed by atoms with E-state index >= 15 is 0 Å². The number of amides is 1. The maximum atomic E-state index is 12.0. The van der Waals surface area contributed by atoms with E-state index in [4.69, 9.17) is 11.6 Å². The van der Waals surface area contributed by atoms with E-state index < -0.39 is 0 Å². The number of rotatable bonds is 4. The van der Waals surface area contributed by atoms with Crippen molar-refractivity contribution in [3.8, 4) is 0 Å². The van der Waals surface area contributed by atoms with Crippen LogP contribution in [0, 0.1) is 0 Å². The van der Waals surface area contributed by atoms with Gasteiger partial charge in [-0.15, -0.1) is 0 Å². The summed E-state index contributed by atoms with van der Waals surface area (Å²) >= 11 is 5.85. The largest absolute Gasteiger partial charge is 0.271 e. The Morgan fingerprint density at radius 2 is 2.00 bits per heavy atom. The summed E-state index contributed by atoms with van der Waals surface area (Å²) in [7, 11) is 0. The molecule has 1 aromatic heterocycles. The Morgan fingerprint density at radius 1 is 1.25 bits per heavy atom. The molecular weight excluding hydrogens is 274 g/mol. The highest BCUT2D eigenvalue weighted by Gasteiger charge is 2.06. The predicted molar refractivity (Wildman–Crippen MR) is 80.0 cm³/mol. The Morgan fingerprint density at radius 3 is 2.65 bits per heavy atom. The Balaban J connectivity index is 2.13. The Kier molecular flexibility index (Phi) is 4.85. The summed E-state index contributed by atoms with van der Waals surface area (Å²) in [6, 6.07) is 10.4. The van der Waals surface area contributed by atoms with Gasteiger partial charge in [-0.2, -0.15) is 5.10 Å². The number of nitrogens with zero attached hydrogens (tertiary/aromatic N) is 2. The highest BCUT2D eigenvalue weighted by atomic mass is 35.5. The average Bonchev–Trinajstić information content (AvgIpc) is 2.49. The van der Waals surface area contributed by atoms with Crippen LogP contribution in [0.15, 0.2) is 53.9 Å². The van der Waals surface area contributed by atoms with Crippen molar-refractivity contribution in [2.45, 2.75) is 13.3 Å². The molecule has 4 nitrogen and oxygen atoms in total. The second-order valence-corrected chi connectivity index (χ2v) is 4.54. The molecule has 0 aliphatic heterocycles. The molecule has 1 N–H and O–H groups in total. The van der Waals surface area contributed by atoms with Crippen molar-refractivity contribution < 1.29 is 4.79 Å². The molecule has 0 unspecified atom stereocenters. The van der Waals surface area contributed by atoms with Crippen molar-refractivity contribution >= 4 is 23.2 Å². The first kappa shape index (κ1) is 14.2. The van der Waals surface area contributed by atoms with Crippen LogP contribution in [0.3, 0.4) is 0 Å². The summed E-state index contributed by atoms with van der Waals surface area (Å²) in [5.74, 6) is -0.285. The van der Waals surface area contributed by atoms with Crippen molar-refractivity contribution in [1.29, 1.82) is 0 Å². The van der Waals surface area contributed by atoms with Gasteiger partial charge in [-0.05, 0) is 36.8 Å². The molecule has 0 saturated carbocycles. The second-order valence-electron chi connectivity index (χ2n) is 4.10. The fraction of sp³-hybridized carbons (Fsp3) is 0.133. The molecule has 0 spiro atoms. The topological polar surface area (TPSA) is 54.4 Å². The first-order valence-electron chi connectivity index (χ1n) is 6.23. The van der Waals surface area contributed by atoms with Crippen molar-refractivity contribution in [3.05, 3.63) is 64.9 Å². The lowest BCUT2D eigenvalue weighted by atomic mass is 10.1. The van der Waals surface area contributed by atoms with Crippen molar-refractivity contribution in [2.24, 2.45) is 5.10 Å². The summed E-state index contributed by atoms with van der Waals surface area (Å²) in [6.45, 7) is 1.98. The predicted octanol–water partition coefficient (Wildman–Crippen LogP) is 3.28. The molecule has 0 aliphatic rings. The lowest BCUT2D eigenvalue weighted by Crippen LogP contribution is -2.20. The molecule has 0 atom stereocenters. The van der Waals surface area contributed by atoms with E-state index in [1.807, 2.05) is 19.1 Å². The molecule has 0 fully saturated rings. The number of pyridine rings is 1. The smallest absolute Gasteiger partial charge is 0.267 e. The molecule has 1 heterocycles. The molecule has 102 valence electrons. The maximum Gasteiger partial charge on any atom is 0.271 e. The summed E-state index contributed by atoms with van der Waals surface area (Å²) in [6.07, 6.45) is 4.10. The number of halogens is 1. The fourth-order valence-corrected chi connectivity index (χ4v) is 1.89. The zero-order chi connectivity index (χ0) is 14.4. The summed E-state index contributed by atoms with van der Waals surface area (Å²) in [5, 5.41) is 4.68. The molecule has 0 saturated heterocycles. The van der Waals surface area contributed by atoms with E-state index in [9.17, 15) is 4.79 Å². The molecule has 2 aromatic rings. The van der Waals surface area contributed by atoms with Gasteiger partial charge in [-0.1, -0.05) is 24.6 Å². The van der Waals surface area contributed by atoms with Crippen LogP contribution in [0.25, 0.3) is 0 Å². The van der Waals surface area contributed by atoms with Gasteiger partial charge in [-0.25, -0.2) is 5.43 Å². The van der Waals surface area contributed by atoms with Crippen LogP contribution >= 0.6 is 11.6 Å². The summed E-state index contributed by atoms with van der Waals surface area (Å²) < 4.78 is 0. The van der Waals surface area contributed by atoms with Gasteiger partial charge in [0.1, 0.15) is 0 Å². The molecule has 1 amide bonds. The normalized spacial score (nSPS) is 11.2. The number of aromatic nitrogens is 1. The van der Waals surface area contributed by atoms with E-state index in [1.54, 1.807) is 36.7 Å². The Labute approximate surface area is 122 Å². The van der Waals surface area contributed by atoms with Gasteiger partial charge in [0.2, 0.25) is 0 Å². The highest BCUT2D eigenvalue weighted by Crippen LogP contribution is 2.10. The number of nitrogens with one attached hydrogen (secondary N) is 1. The SMILES string of the molecule is CCC(=NNC(=O)c1cccc(Cl)c1)c1ccncc1. The van der Waals surface area contributed by atoms with Crippen molar-refractivity contribution in [3.63, 3.8) is 0 Å². The van der Waals surface area contributed by atoms with Crippen molar-refractivity contribution in [2.75, 3.05) is 0 Å². The van der Waals surface area contributed by atoms with Crippen molar-refractivity contribution in [1.82, 2.24) is 10.4 Å². The Bertz CT molecular complexity index is 626. The molecule has 0 radical (unpaired) electrons. The van der Waals surface area contributed by atoms with Gasteiger partial charge in [-0.3, -0.25) is 9.78 Å². The molecule has 2 rings (SSSR count). The van der Waals surface area contributed by atoms with Crippen LogP contribution in [-0.2, 0) is 0 Å². The number of benzene rings is 1. The molecule has 0 aliphatic carbocycles. The summed E-state index contributed by atoms with van der Waals surface area (Å²) in [5.41, 5.74) is 4.76. The molecular formula is C15H14ClN3O. The first-order chi connectivity index (χ1) is 9.70. The molecule has 20 heavy (non-hydrogen) atoms. The van der Waals surface area contributed by atoms with Gasteiger partial charge < -0.3 is 0 Å². The van der Waals surface area contributed by atoms with E-state index in [-0.39, 0.29) is 5.91 Å². The highest BCUT2D eigenvalue weighted by molar-refractivity contribution is 6.30. The number of hydrogen-bond donors (Lipinski definition) is 1. The monoisotopic (exact) mass is 287 g/mol. The summed E-state index contributed by atoms with van der Waals surface area (Å²) in [4.78, 5) is 15.9. The minimum absolute atomic E-state index is 0.285. The minimum Gasteiger partial charge on any atom is -0.267 e. The quantitative estimate of drug-likeness (QED) is 0.693. The van der Waals surface area contributed by atoms with Crippen LogP contribution in [-0.4, -0.2) is 16.6 Å². The van der Waals surface area contributed by atoms with Crippen LogP contribution in [0.4, 0.5) is 0 Å². The average molecular weight is 288 g/mol.